The Bertz CT molecular complexity index is 1050. The van der Waals surface area contributed by atoms with Gasteiger partial charge in [0.05, 0.1) is 11.6 Å². The number of sulfonamides is 1. The van der Waals surface area contributed by atoms with E-state index >= 15 is 0 Å². The summed E-state index contributed by atoms with van der Waals surface area (Å²) in [5, 5.41) is 0.597. The Morgan fingerprint density at radius 2 is 1.66 bits per heavy atom. The Balaban J connectivity index is 1.26. The molecule has 2 aliphatic heterocycles. The van der Waals surface area contributed by atoms with Crippen LogP contribution < -0.4 is 4.90 Å². The van der Waals surface area contributed by atoms with Crippen LogP contribution >= 0.6 is 11.6 Å². The molecule has 0 atom stereocenters. The molecule has 1 aromatic carbocycles. The van der Waals surface area contributed by atoms with Crippen molar-refractivity contribution in [1.29, 1.82) is 0 Å². The minimum absolute atomic E-state index is 0.0222. The van der Waals surface area contributed by atoms with E-state index < -0.39 is 15.8 Å². The molecule has 0 aliphatic carbocycles. The van der Waals surface area contributed by atoms with E-state index in [9.17, 15) is 17.6 Å². The number of hydrogen-bond donors (Lipinski definition) is 0. The first-order valence-electron chi connectivity index (χ1n) is 10.5. The predicted octanol–water partition coefficient (Wildman–Crippen LogP) is 1.53. The first kappa shape index (κ1) is 22.9. The Hall–Kier alpha value is -2.27. The summed E-state index contributed by atoms with van der Waals surface area (Å²) in [5.74, 6) is 0.0810. The van der Waals surface area contributed by atoms with E-state index in [-0.39, 0.29) is 23.9 Å². The Morgan fingerprint density at radius 3 is 2.28 bits per heavy atom. The van der Waals surface area contributed by atoms with E-state index in [4.69, 9.17) is 11.6 Å². The van der Waals surface area contributed by atoms with Crippen LogP contribution in [-0.2, 0) is 14.8 Å². The van der Waals surface area contributed by atoms with Crippen LogP contribution in [0.5, 0.6) is 0 Å². The largest absolute Gasteiger partial charge is 0.354 e. The summed E-state index contributed by atoms with van der Waals surface area (Å²) < 4.78 is 40.7. The van der Waals surface area contributed by atoms with Gasteiger partial charge in [-0.05, 0) is 24.3 Å². The van der Waals surface area contributed by atoms with Crippen LogP contribution in [0, 0.1) is 5.82 Å². The van der Waals surface area contributed by atoms with Gasteiger partial charge in [-0.25, -0.2) is 17.8 Å². The molecule has 4 rings (SSSR count). The van der Waals surface area contributed by atoms with E-state index in [0.29, 0.717) is 24.7 Å². The van der Waals surface area contributed by atoms with Gasteiger partial charge in [0.25, 0.3) is 0 Å². The Kier molecular flexibility index (Phi) is 6.94. The van der Waals surface area contributed by atoms with Crippen molar-refractivity contribution in [1.82, 2.24) is 19.1 Å². The van der Waals surface area contributed by atoms with E-state index in [1.54, 1.807) is 11.1 Å². The van der Waals surface area contributed by atoms with Crippen LogP contribution in [0.1, 0.15) is 0 Å². The molecule has 0 bridgehead atoms. The number of carbonyl (C=O) groups is 1. The minimum Gasteiger partial charge on any atom is -0.354 e. The maximum Gasteiger partial charge on any atom is 0.246 e. The number of halogens is 2. The standard InChI is InChI=1S/C21H25ClFN5O3S/c22-17-5-6-20(24-15-17)26-9-7-25(8-10-26)16-21(29)27-11-13-28(14-12-27)32(30,31)19-4-2-1-3-18(19)23/h1-6,15H,7-14,16H2. The number of rotatable bonds is 5. The van der Waals surface area contributed by atoms with Gasteiger partial charge in [0.2, 0.25) is 15.9 Å². The summed E-state index contributed by atoms with van der Waals surface area (Å²) in [6.07, 6.45) is 1.62. The minimum atomic E-state index is -3.91. The zero-order chi connectivity index (χ0) is 22.7. The van der Waals surface area contributed by atoms with E-state index in [1.807, 2.05) is 12.1 Å². The number of piperazine rings is 2. The highest BCUT2D eigenvalue weighted by Crippen LogP contribution is 2.21. The number of nitrogens with zero attached hydrogens (tertiary/aromatic N) is 5. The molecule has 0 radical (unpaired) electrons. The molecule has 2 aliphatic rings. The fourth-order valence-corrected chi connectivity index (χ4v) is 5.55. The van der Waals surface area contributed by atoms with Gasteiger partial charge in [-0.1, -0.05) is 23.7 Å². The highest BCUT2D eigenvalue weighted by Gasteiger charge is 2.32. The number of pyridine rings is 1. The SMILES string of the molecule is O=C(CN1CCN(c2ccc(Cl)cn2)CC1)N1CCN(S(=O)(=O)c2ccccc2F)CC1. The van der Waals surface area contributed by atoms with Crippen molar-refractivity contribution >= 4 is 33.3 Å². The van der Waals surface area contributed by atoms with Crippen molar-refractivity contribution in [2.75, 3.05) is 63.8 Å². The van der Waals surface area contributed by atoms with Crippen molar-refractivity contribution in [3.8, 4) is 0 Å². The molecular weight excluding hydrogens is 457 g/mol. The number of aromatic nitrogens is 1. The second-order valence-electron chi connectivity index (χ2n) is 7.81. The second kappa shape index (κ2) is 9.70. The molecule has 1 aromatic heterocycles. The van der Waals surface area contributed by atoms with Gasteiger partial charge >= 0.3 is 0 Å². The van der Waals surface area contributed by atoms with Gasteiger partial charge in [-0.2, -0.15) is 4.31 Å². The number of amides is 1. The summed E-state index contributed by atoms with van der Waals surface area (Å²) in [6, 6.07) is 9.05. The summed E-state index contributed by atoms with van der Waals surface area (Å²) in [7, 11) is -3.91. The molecule has 0 unspecified atom stereocenters. The van der Waals surface area contributed by atoms with Crippen LogP contribution in [0.2, 0.25) is 5.02 Å². The zero-order valence-corrected chi connectivity index (χ0v) is 19.1. The third-order valence-electron chi connectivity index (χ3n) is 5.81. The van der Waals surface area contributed by atoms with Crippen LogP contribution in [0.3, 0.4) is 0 Å². The van der Waals surface area contributed by atoms with Crippen LogP contribution in [0.15, 0.2) is 47.5 Å². The van der Waals surface area contributed by atoms with Crippen LogP contribution in [-0.4, -0.2) is 92.3 Å². The molecule has 0 N–H and O–H groups in total. The Labute approximate surface area is 192 Å². The highest BCUT2D eigenvalue weighted by molar-refractivity contribution is 7.89. The second-order valence-corrected chi connectivity index (χ2v) is 10.2. The number of carbonyl (C=O) groups excluding carboxylic acids is 1. The fourth-order valence-electron chi connectivity index (χ4n) is 3.95. The average Bonchev–Trinajstić information content (AvgIpc) is 2.80. The molecule has 2 saturated heterocycles. The molecule has 32 heavy (non-hydrogen) atoms. The lowest BCUT2D eigenvalue weighted by molar-refractivity contribution is -0.133. The third kappa shape index (κ3) is 5.03. The van der Waals surface area contributed by atoms with Crippen molar-refractivity contribution in [3.63, 3.8) is 0 Å². The Morgan fingerprint density at radius 1 is 0.969 bits per heavy atom. The molecular formula is C21H25ClFN5O3S. The molecule has 1 amide bonds. The fraction of sp³-hybridized carbons (Fsp3) is 0.429. The molecule has 2 fully saturated rings. The van der Waals surface area contributed by atoms with Gasteiger partial charge in [0.1, 0.15) is 16.5 Å². The average molecular weight is 482 g/mol. The van der Waals surface area contributed by atoms with Gasteiger partial charge in [0.15, 0.2) is 0 Å². The molecule has 3 heterocycles. The number of anilines is 1. The molecule has 0 spiro atoms. The summed E-state index contributed by atoms with van der Waals surface area (Å²) >= 11 is 5.89. The summed E-state index contributed by atoms with van der Waals surface area (Å²) in [4.78, 5) is 22.7. The molecule has 0 saturated carbocycles. The van der Waals surface area contributed by atoms with Crippen LogP contribution in [0.25, 0.3) is 0 Å². The maximum atomic E-state index is 14.0. The lowest BCUT2D eigenvalue weighted by Gasteiger charge is -2.38. The maximum absolute atomic E-state index is 14.0. The monoisotopic (exact) mass is 481 g/mol. The van der Waals surface area contributed by atoms with Gasteiger partial charge < -0.3 is 9.80 Å². The third-order valence-corrected chi connectivity index (χ3v) is 7.97. The quantitative estimate of drug-likeness (QED) is 0.644. The van der Waals surface area contributed by atoms with Gasteiger partial charge in [-0.15, -0.1) is 0 Å². The molecule has 172 valence electrons. The molecule has 2 aromatic rings. The van der Waals surface area contributed by atoms with Crippen molar-refractivity contribution in [3.05, 3.63) is 53.4 Å². The first-order chi connectivity index (χ1) is 15.3. The highest BCUT2D eigenvalue weighted by atomic mass is 35.5. The predicted molar refractivity (Wildman–Crippen MR) is 120 cm³/mol. The first-order valence-corrected chi connectivity index (χ1v) is 12.3. The summed E-state index contributed by atoms with van der Waals surface area (Å²) in [5.41, 5.74) is 0. The molecule has 8 nitrogen and oxygen atoms in total. The number of hydrogen-bond acceptors (Lipinski definition) is 6. The molecule has 11 heteroatoms. The van der Waals surface area contributed by atoms with Crippen molar-refractivity contribution in [2.24, 2.45) is 0 Å². The van der Waals surface area contributed by atoms with Gasteiger partial charge in [-0.3, -0.25) is 9.69 Å². The lowest BCUT2D eigenvalue weighted by Crippen LogP contribution is -2.54. The van der Waals surface area contributed by atoms with Crippen molar-refractivity contribution in [2.45, 2.75) is 4.90 Å². The lowest BCUT2D eigenvalue weighted by atomic mass is 10.3. The summed E-state index contributed by atoms with van der Waals surface area (Å²) in [6.45, 7) is 4.17. The van der Waals surface area contributed by atoms with Crippen molar-refractivity contribution < 1.29 is 17.6 Å². The van der Waals surface area contributed by atoms with Crippen LogP contribution in [0.4, 0.5) is 10.2 Å². The van der Waals surface area contributed by atoms with E-state index in [0.717, 1.165) is 38.1 Å². The van der Waals surface area contributed by atoms with E-state index in [2.05, 4.69) is 14.8 Å². The topological polar surface area (TPSA) is 77.1 Å². The number of benzene rings is 1. The zero-order valence-electron chi connectivity index (χ0n) is 17.5. The smallest absolute Gasteiger partial charge is 0.246 e. The normalized spacial score (nSPS) is 18.7. The van der Waals surface area contributed by atoms with Gasteiger partial charge in [0, 0.05) is 58.6 Å². The van der Waals surface area contributed by atoms with E-state index in [1.165, 1.54) is 22.5 Å².